The zero-order valence-electron chi connectivity index (χ0n) is 11.6. The minimum Gasteiger partial charge on any atom is -0.408 e. The molecule has 0 saturated heterocycles. The molecule has 0 saturated carbocycles. The number of rotatable bonds is 2. The summed E-state index contributed by atoms with van der Waals surface area (Å²) in [4.78, 5) is 11.5. The fourth-order valence-corrected chi connectivity index (χ4v) is 2.38. The van der Waals surface area contributed by atoms with Crippen LogP contribution in [0.2, 0.25) is 0 Å². The first kappa shape index (κ1) is 13.6. The molecule has 4 nitrogen and oxygen atoms in total. The van der Waals surface area contributed by atoms with Gasteiger partial charge in [-0.2, -0.15) is 0 Å². The number of oxazole rings is 1. The van der Waals surface area contributed by atoms with Crippen LogP contribution in [0.5, 0.6) is 0 Å². The summed E-state index contributed by atoms with van der Waals surface area (Å²) in [6.07, 6.45) is -1.11. The van der Waals surface area contributed by atoms with E-state index in [4.69, 9.17) is 4.42 Å². The maximum atomic E-state index is 14.1. The highest BCUT2D eigenvalue weighted by Crippen LogP contribution is 2.27. The lowest BCUT2D eigenvalue weighted by atomic mass is 9.99. The van der Waals surface area contributed by atoms with Crippen molar-refractivity contribution in [3.05, 3.63) is 69.5 Å². The second-order valence-electron chi connectivity index (χ2n) is 5.03. The van der Waals surface area contributed by atoms with Gasteiger partial charge < -0.3 is 9.52 Å². The molecule has 0 amide bonds. The Hall–Kier alpha value is -2.40. The van der Waals surface area contributed by atoms with Gasteiger partial charge in [0.25, 0.3) is 0 Å². The van der Waals surface area contributed by atoms with Gasteiger partial charge in [-0.25, -0.2) is 9.18 Å². The number of aliphatic hydroxyl groups excluding tert-OH is 1. The molecule has 0 aliphatic carbocycles. The van der Waals surface area contributed by atoms with Crippen molar-refractivity contribution in [2.45, 2.75) is 13.0 Å². The molecule has 1 aromatic heterocycles. The Morgan fingerprint density at radius 2 is 2.05 bits per heavy atom. The molecule has 1 heterocycles. The van der Waals surface area contributed by atoms with Crippen molar-refractivity contribution in [1.29, 1.82) is 0 Å². The molecule has 1 atom stereocenters. The Balaban J connectivity index is 2.11. The van der Waals surface area contributed by atoms with Gasteiger partial charge in [0.2, 0.25) is 0 Å². The fraction of sp³-hybridized carbons (Fsp3) is 0.188. The van der Waals surface area contributed by atoms with E-state index in [9.17, 15) is 14.3 Å². The number of aliphatic hydroxyl groups is 1. The smallest absolute Gasteiger partial charge is 0.408 e. The number of hydrogen-bond donors (Lipinski definition) is 1. The zero-order valence-corrected chi connectivity index (χ0v) is 11.6. The lowest BCUT2D eigenvalue weighted by Gasteiger charge is -2.13. The molecule has 21 heavy (non-hydrogen) atoms. The summed E-state index contributed by atoms with van der Waals surface area (Å²) in [5.41, 5.74) is 2.14. The second-order valence-corrected chi connectivity index (χ2v) is 5.03. The van der Waals surface area contributed by atoms with Gasteiger partial charge in [0.15, 0.2) is 5.58 Å². The Morgan fingerprint density at radius 1 is 1.29 bits per heavy atom. The van der Waals surface area contributed by atoms with E-state index in [0.717, 1.165) is 0 Å². The standard InChI is InChI=1S/C16H14FNO3/c1-9-4-3-5-11(14(9)17)15(19)10-6-7-12-13(8-10)21-16(20)18(12)2/h3-8,15,19H,1-2H3. The number of aromatic nitrogens is 1. The number of fused-ring (bicyclic) bond motifs is 1. The number of nitrogens with zero attached hydrogens (tertiary/aromatic N) is 1. The molecule has 0 bridgehead atoms. The molecule has 5 heteroatoms. The average molecular weight is 287 g/mol. The number of benzene rings is 2. The lowest BCUT2D eigenvalue weighted by Crippen LogP contribution is -2.08. The van der Waals surface area contributed by atoms with Crippen LogP contribution in [0, 0.1) is 12.7 Å². The summed E-state index contributed by atoms with van der Waals surface area (Å²) in [6.45, 7) is 1.64. The molecule has 0 aliphatic rings. The Kier molecular flexibility index (Phi) is 3.14. The lowest BCUT2D eigenvalue weighted by molar-refractivity contribution is 0.215. The largest absolute Gasteiger partial charge is 0.419 e. The molecule has 108 valence electrons. The summed E-state index contributed by atoms with van der Waals surface area (Å²) >= 11 is 0. The highest BCUT2D eigenvalue weighted by Gasteiger charge is 2.17. The molecule has 2 aromatic carbocycles. The number of hydrogen-bond acceptors (Lipinski definition) is 3. The maximum absolute atomic E-state index is 14.1. The van der Waals surface area contributed by atoms with E-state index in [-0.39, 0.29) is 5.56 Å². The van der Waals surface area contributed by atoms with Gasteiger partial charge in [-0.05, 0) is 30.2 Å². The van der Waals surface area contributed by atoms with E-state index >= 15 is 0 Å². The fourth-order valence-electron chi connectivity index (χ4n) is 2.38. The van der Waals surface area contributed by atoms with E-state index in [1.54, 1.807) is 50.4 Å². The van der Waals surface area contributed by atoms with Crippen LogP contribution in [0.1, 0.15) is 22.8 Å². The van der Waals surface area contributed by atoms with Gasteiger partial charge in [0.05, 0.1) is 5.52 Å². The molecule has 3 rings (SSSR count). The quantitative estimate of drug-likeness (QED) is 0.788. The first-order chi connectivity index (χ1) is 9.99. The third-order valence-corrected chi connectivity index (χ3v) is 3.65. The Morgan fingerprint density at radius 3 is 2.81 bits per heavy atom. The monoisotopic (exact) mass is 287 g/mol. The summed E-state index contributed by atoms with van der Waals surface area (Å²) in [7, 11) is 1.60. The van der Waals surface area contributed by atoms with Crippen LogP contribution in [-0.2, 0) is 7.05 Å². The van der Waals surface area contributed by atoms with Crippen molar-refractivity contribution in [2.24, 2.45) is 7.05 Å². The normalized spacial score (nSPS) is 12.8. The van der Waals surface area contributed by atoms with Crippen molar-refractivity contribution in [2.75, 3.05) is 0 Å². The first-order valence-corrected chi connectivity index (χ1v) is 6.51. The van der Waals surface area contributed by atoms with E-state index in [1.165, 1.54) is 4.57 Å². The molecule has 0 aliphatic heterocycles. The number of aryl methyl sites for hydroxylation is 2. The van der Waals surface area contributed by atoms with Crippen molar-refractivity contribution in [3.8, 4) is 0 Å². The summed E-state index contributed by atoms with van der Waals surface area (Å²) in [5, 5.41) is 10.4. The Labute approximate surface area is 120 Å². The summed E-state index contributed by atoms with van der Waals surface area (Å²) in [6, 6.07) is 9.76. The van der Waals surface area contributed by atoms with Gasteiger partial charge in [0, 0.05) is 12.6 Å². The van der Waals surface area contributed by atoms with Crippen molar-refractivity contribution in [1.82, 2.24) is 4.57 Å². The maximum Gasteiger partial charge on any atom is 0.419 e. The van der Waals surface area contributed by atoms with Gasteiger partial charge in [0.1, 0.15) is 11.9 Å². The van der Waals surface area contributed by atoms with E-state index in [2.05, 4.69) is 0 Å². The van der Waals surface area contributed by atoms with Crippen molar-refractivity contribution < 1.29 is 13.9 Å². The third-order valence-electron chi connectivity index (χ3n) is 3.65. The molecule has 1 unspecified atom stereocenters. The predicted octanol–water partition coefficient (Wildman–Crippen LogP) is 2.66. The molecule has 1 N–H and O–H groups in total. The average Bonchev–Trinajstić information content (AvgIpc) is 2.76. The molecule has 0 spiro atoms. The van der Waals surface area contributed by atoms with Gasteiger partial charge in [-0.15, -0.1) is 0 Å². The SMILES string of the molecule is Cc1cccc(C(O)c2ccc3c(c2)oc(=O)n3C)c1F. The summed E-state index contributed by atoms with van der Waals surface area (Å²) < 4.78 is 20.5. The highest BCUT2D eigenvalue weighted by atomic mass is 19.1. The van der Waals surface area contributed by atoms with Crippen LogP contribution in [0.3, 0.4) is 0 Å². The molecule has 3 aromatic rings. The van der Waals surface area contributed by atoms with Crippen molar-refractivity contribution >= 4 is 11.1 Å². The molecular weight excluding hydrogens is 273 g/mol. The van der Waals surface area contributed by atoms with Crippen molar-refractivity contribution in [3.63, 3.8) is 0 Å². The van der Waals surface area contributed by atoms with Gasteiger partial charge >= 0.3 is 5.76 Å². The van der Waals surface area contributed by atoms with Gasteiger partial charge in [-0.3, -0.25) is 4.57 Å². The van der Waals surface area contributed by atoms with E-state index < -0.39 is 17.7 Å². The minimum absolute atomic E-state index is 0.202. The van der Waals surface area contributed by atoms with E-state index in [1.807, 2.05) is 0 Å². The minimum atomic E-state index is -1.11. The second kappa shape index (κ2) is 4.86. The number of halogens is 1. The Bertz CT molecular complexity index is 879. The summed E-state index contributed by atoms with van der Waals surface area (Å²) in [5.74, 6) is -0.905. The van der Waals surface area contributed by atoms with Gasteiger partial charge in [-0.1, -0.05) is 24.3 Å². The van der Waals surface area contributed by atoms with Crippen LogP contribution in [-0.4, -0.2) is 9.67 Å². The third kappa shape index (κ3) is 2.15. The molecule has 0 fully saturated rings. The van der Waals surface area contributed by atoms with Crippen LogP contribution in [0.4, 0.5) is 4.39 Å². The first-order valence-electron chi connectivity index (χ1n) is 6.51. The molecule has 0 radical (unpaired) electrons. The van der Waals surface area contributed by atoms with Crippen LogP contribution in [0.25, 0.3) is 11.1 Å². The van der Waals surface area contributed by atoms with E-state index in [0.29, 0.717) is 22.2 Å². The molecular formula is C16H14FNO3. The predicted molar refractivity (Wildman–Crippen MR) is 76.7 cm³/mol. The highest BCUT2D eigenvalue weighted by molar-refractivity contribution is 5.74. The van der Waals surface area contributed by atoms with Crippen LogP contribution < -0.4 is 5.76 Å². The van der Waals surface area contributed by atoms with Crippen LogP contribution in [0.15, 0.2) is 45.6 Å². The van der Waals surface area contributed by atoms with Crippen LogP contribution >= 0.6 is 0 Å². The topological polar surface area (TPSA) is 55.4 Å². The zero-order chi connectivity index (χ0) is 15.1.